The van der Waals surface area contributed by atoms with Crippen molar-refractivity contribution in [1.29, 1.82) is 0 Å². The molecule has 2 rings (SSSR count). The number of amides is 1. The second-order valence-electron chi connectivity index (χ2n) is 3.60. The summed E-state index contributed by atoms with van der Waals surface area (Å²) in [7, 11) is 0. The van der Waals surface area contributed by atoms with Crippen LogP contribution in [0.5, 0.6) is 5.75 Å². The van der Waals surface area contributed by atoms with E-state index in [9.17, 15) is 9.90 Å². The van der Waals surface area contributed by atoms with Gasteiger partial charge in [0.1, 0.15) is 0 Å². The van der Waals surface area contributed by atoms with Gasteiger partial charge in [-0.2, -0.15) is 0 Å². The molecular formula is C10H11ClN2O2. The quantitative estimate of drug-likeness (QED) is 0.738. The van der Waals surface area contributed by atoms with Crippen molar-refractivity contribution in [2.24, 2.45) is 0 Å². The summed E-state index contributed by atoms with van der Waals surface area (Å²) in [5.74, 6) is 0.228. The van der Waals surface area contributed by atoms with Gasteiger partial charge in [-0.25, -0.2) is 4.98 Å². The van der Waals surface area contributed by atoms with E-state index < -0.39 is 0 Å². The molecule has 1 aromatic rings. The van der Waals surface area contributed by atoms with Gasteiger partial charge >= 0.3 is 0 Å². The van der Waals surface area contributed by atoms with Crippen molar-refractivity contribution in [2.75, 3.05) is 11.4 Å². The van der Waals surface area contributed by atoms with Gasteiger partial charge in [0.25, 0.3) is 0 Å². The van der Waals surface area contributed by atoms with Crippen LogP contribution in [0.15, 0.2) is 12.1 Å². The van der Waals surface area contributed by atoms with Crippen LogP contribution >= 0.6 is 11.6 Å². The van der Waals surface area contributed by atoms with Crippen molar-refractivity contribution in [2.45, 2.75) is 18.7 Å². The summed E-state index contributed by atoms with van der Waals surface area (Å²) in [4.78, 5) is 17.1. The monoisotopic (exact) mass is 226 g/mol. The lowest BCUT2D eigenvalue weighted by molar-refractivity contribution is -0.117. The Morgan fingerprint density at radius 1 is 1.60 bits per heavy atom. The largest absolute Gasteiger partial charge is 0.504 e. The molecule has 1 amide bonds. The van der Waals surface area contributed by atoms with Crippen molar-refractivity contribution in [3.8, 4) is 5.75 Å². The van der Waals surface area contributed by atoms with E-state index in [2.05, 4.69) is 4.98 Å². The van der Waals surface area contributed by atoms with Gasteiger partial charge in [0.2, 0.25) is 5.91 Å². The van der Waals surface area contributed by atoms with E-state index in [-0.39, 0.29) is 17.0 Å². The normalized spacial score (nSPS) is 21.1. The number of nitrogens with zero attached hydrogens (tertiary/aromatic N) is 2. The van der Waals surface area contributed by atoms with Gasteiger partial charge in [0, 0.05) is 18.7 Å². The first-order chi connectivity index (χ1) is 7.08. The number of aryl methyl sites for hydroxylation is 1. The highest BCUT2D eigenvalue weighted by Crippen LogP contribution is 2.29. The second-order valence-corrected chi connectivity index (χ2v) is 4.22. The van der Waals surface area contributed by atoms with Gasteiger partial charge in [-0.05, 0) is 19.1 Å². The summed E-state index contributed by atoms with van der Waals surface area (Å²) in [5, 5.41) is 9.40. The molecule has 15 heavy (non-hydrogen) atoms. The van der Waals surface area contributed by atoms with Gasteiger partial charge in [0.15, 0.2) is 11.6 Å². The van der Waals surface area contributed by atoms with Gasteiger partial charge in [-0.3, -0.25) is 9.69 Å². The van der Waals surface area contributed by atoms with Crippen LogP contribution in [0.3, 0.4) is 0 Å². The Bertz CT molecular complexity index is 408. The van der Waals surface area contributed by atoms with Gasteiger partial charge in [-0.15, -0.1) is 11.6 Å². The second kappa shape index (κ2) is 3.70. The Labute approximate surface area is 92.5 Å². The average molecular weight is 227 g/mol. The van der Waals surface area contributed by atoms with Crippen LogP contribution < -0.4 is 4.90 Å². The number of aromatic nitrogens is 1. The third-order valence-electron chi connectivity index (χ3n) is 2.33. The summed E-state index contributed by atoms with van der Waals surface area (Å²) in [6, 6.07) is 3.23. The Morgan fingerprint density at radius 2 is 2.33 bits per heavy atom. The fourth-order valence-electron chi connectivity index (χ4n) is 1.60. The van der Waals surface area contributed by atoms with Crippen molar-refractivity contribution in [3.05, 3.63) is 17.8 Å². The van der Waals surface area contributed by atoms with E-state index in [0.717, 1.165) is 5.69 Å². The molecule has 1 atom stereocenters. The average Bonchev–Trinajstić information content (AvgIpc) is 2.50. The highest BCUT2D eigenvalue weighted by atomic mass is 35.5. The van der Waals surface area contributed by atoms with E-state index in [1.54, 1.807) is 6.07 Å². The minimum Gasteiger partial charge on any atom is -0.504 e. The Kier molecular flexibility index (Phi) is 2.52. The molecule has 1 N–H and O–H groups in total. The molecule has 0 bridgehead atoms. The number of hydrogen-bond acceptors (Lipinski definition) is 3. The van der Waals surface area contributed by atoms with Crippen molar-refractivity contribution < 1.29 is 9.90 Å². The number of carbonyl (C=O) groups excluding carboxylic acids is 1. The Morgan fingerprint density at radius 3 is 2.93 bits per heavy atom. The van der Waals surface area contributed by atoms with Crippen LogP contribution in [-0.2, 0) is 4.79 Å². The Hall–Kier alpha value is -1.29. The molecule has 1 fully saturated rings. The van der Waals surface area contributed by atoms with Crippen molar-refractivity contribution in [3.63, 3.8) is 0 Å². The third-order valence-corrected chi connectivity index (χ3v) is 2.62. The molecule has 0 saturated carbocycles. The van der Waals surface area contributed by atoms with E-state index in [4.69, 9.17) is 11.6 Å². The van der Waals surface area contributed by atoms with E-state index in [0.29, 0.717) is 18.8 Å². The number of alkyl halides is 1. The molecule has 1 aromatic heterocycles. The molecule has 0 radical (unpaired) electrons. The van der Waals surface area contributed by atoms with Gasteiger partial charge in [0.05, 0.1) is 5.38 Å². The predicted octanol–water partition coefficient (Wildman–Crippen LogP) is 1.44. The highest BCUT2D eigenvalue weighted by molar-refractivity contribution is 6.24. The number of rotatable bonds is 1. The molecular weight excluding hydrogens is 216 g/mol. The summed E-state index contributed by atoms with van der Waals surface area (Å²) in [6.07, 6.45) is 0.302. The Balaban J connectivity index is 2.37. The lowest BCUT2D eigenvalue weighted by Gasteiger charge is -2.16. The lowest BCUT2D eigenvalue weighted by Crippen LogP contribution is -2.25. The maximum atomic E-state index is 11.5. The number of aromatic hydroxyl groups is 1. The number of halogens is 1. The maximum absolute atomic E-state index is 11.5. The lowest BCUT2D eigenvalue weighted by atomic mass is 10.3. The fourth-order valence-corrected chi connectivity index (χ4v) is 1.87. The van der Waals surface area contributed by atoms with Gasteiger partial charge < -0.3 is 5.11 Å². The minimum absolute atomic E-state index is 0.0136. The number of anilines is 1. The minimum atomic E-state index is -0.195. The summed E-state index contributed by atoms with van der Waals surface area (Å²) >= 11 is 5.87. The van der Waals surface area contributed by atoms with Crippen LogP contribution in [0.1, 0.15) is 12.1 Å². The molecule has 80 valence electrons. The topological polar surface area (TPSA) is 53.4 Å². The molecule has 2 heterocycles. The smallest absolute Gasteiger partial charge is 0.229 e. The zero-order valence-electron chi connectivity index (χ0n) is 8.27. The number of hydrogen-bond donors (Lipinski definition) is 1. The first-order valence-corrected chi connectivity index (χ1v) is 5.12. The van der Waals surface area contributed by atoms with Crippen LogP contribution in [0.2, 0.25) is 0 Å². The molecule has 1 aliphatic heterocycles. The first kappa shape index (κ1) is 10.2. The zero-order valence-corrected chi connectivity index (χ0v) is 9.03. The van der Waals surface area contributed by atoms with Crippen LogP contribution in [0, 0.1) is 6.92 Å². The van der Waals surface area contributed by atoms with Crippen molar-refractivity contribution in [1.82, 2.24) is 4.98 Å². The molecule has 1 aliphatic rings. The van der Waals surface area contributed by atoms with E-state index in [1.807, 2.05) is 6.92 Å². The van der Waals surface area contributed by atoms with Crippen molar-refractivity contribution >= 4 is 23.3 Å². The summed E-state index contributed by atoms with van der Waals surface area (Å²) < 4.78 is 0. The molecule has 4 nitrogen and oxygen atoms in total. The number of pyridine rings is 1. The standard InChI is InChI=1S/C10H11ClN2O2/c1-6-2-3-8(14)10(12-6)13-5-7(11)4-9(13)15/h2-3,7,14H,4-5H2,1H3. The van der Waals surface area contributed by atoms with E-state index in [1.165, 1.54) is 11.0 Å². The molecule has 0 aromatic carbocycles. The molecule has 1 unspecified atom stereocenters. The summed E-state index contributed by atoms with van der Waals surface area (Å²) in [5.41, 5.74) is 0.758. The van der Waals surface area contributed by atoms with Crippen LogP contribution in [0.4, 0.5) is 5.82 Å². The number of carbonyl (C=O) groups is 1. The maximum Gasteiger partial charge on any atom is 0.229 e. The molecule has 0 aliphatic carbocycles. The highest BCUT2D eigenvalue weighted by Gasteiger charge is 2.31. The molecule has 0 spiro atoms. The van der Waals surface area contributed by atoms with E-state index >= 15 is 0 Å². The van der Waals surface area contributed by atoms with Crippen LogP contribution in [0.25, 0.3) is 0 Å². The fraction of sp³-hybridized carbons (Fsp3) is 0.400. The SMILES string of the molecule is Cc1ccc(O)c(N2CC(Cl)CC2=O)n1. The predicted molar refractivity (Wildman–Crippen MR) is 57.2 cm³/mol. The molecule has 5 heteroatoms. The molecule has 1 saturated heterocycles. The summed E-state index contributed by atoms with van der Waals surface area (Å²) in [6.45, 7) is 2.21. The van der Waals surface area contributed by atoms with Crippen LogP contribution in [-0.4, -0.2) is 27.9 Å². The first-order valence-electron chi connectivity index (χ1n) is 4.69. The third kappa shape index (κ3) is 1.90. The zero-order chi connectivity index (χ0) is 11.0. The van der Waals surface area contributed by atoms with Gasteiger partial charge in [-0.1, -0.05) is 0 Å².